The molecule has 0 aromatic heterocycles. The van der Waals surface area contributed by atoms with Gasteiger partial charge in [-0.1, -0.05) is 11.6 Å². The molecule has 8 heteroatoms. The monoisotopic (exact) mass is 283 g/mol. The molecule has 0 aliphatic rings. The average Bonchev–Trinajstić information content (AvgIpc) is 2.19. The molecule has 0 aliphatic heterocycles. The van der Waals surface area contributed by atoms with E-state index < -0.39 is 22.2 Å². The minimum absolute atomic E-state index is 0.0219. The summed E-state index contributed by atoms with van der Waals surface area (Å²) in [6, 6.07) is 3.45. The molecule has 1 amide bonds. The second-order valence-electron chi connectivity index (χ2n) is 3.20. The van der Waals surface area contributed by atoms with E-state index in [2.05, 4.69) is 0 Å². The van der Waals surface area contributed by atoms with Gasteiger partial charge in [-0.3, -0.25) is 4.79 Å². The van der Waals surface area contributed by atoms with Crippen LogP contribution in [0, 0.1) is 0 Å². The number of rotatable bonds is 3. The van der Waals surface area contributed by atoms with Crippen molar-refractivity contribution in [2.75, 3.05) is 11.6 Å². The lowest BCUT2D eigenvalue weighted by atomic mass is 10.3. The van der Waals surface area contributed by atoms with Crippen molar-refractivity contribution < 1.29 is 22.0 Å². The second kappa shape index (κ2) is 4.97. The van der Waals surface area contributed by atoms with Crippen LogP contribution in [0.3, 0.4) is 0 Å². The molecule has 0 heterocycles. The predicted molar refractivity (Wildman–Crippen MR) is 59.2 cm³/mol. The summed E-state index contributed by atoms with van der Waals surface area (Å²) in [5, 5.41) is 1.81. The van der Waals surface area contributed by atoms with Gasteiger partial charge in [-0.15, -0.1) is 0 Å². The van der Waals surface area contributed by atoms with E-state index in [9.17, 15) is 22.0 Å². The first-order valence-corrected chi connectivity index (χ1v) is 6.57. The number of amides is 1. The van der Waals surface area contributed by atoms with Crippen LogP contribution in [0.15, 0.2) is 23.1 Å². The molecule has 1 N–H and O–H groups in total. The van der Waals surface area contributed by atoms with Gasteiger partial charge >= 0.3 is 6.43 Å². The van der Waals surface area contributed by atoms with E-state index in [-0.39, 0.29) is 15.6 Å². The summed E-state index contributed by atoms with van der Waals surface area (Å²) in [6.07, 6.45) is -2.25. The lowest BCUT2D eigenvalue weighted by Crippen LogP contribution is -2.20. The average molecular weight is 284 g/mol. The highest BCUT2D eigenvalue weighted by Gasteiger charge is 2.18. The Morgan fingerprint density at radius 2 is 2.00 bits per heavy atom. The molecule has 0 aliphatic carbocycles. The van der Waals surface area contributed by atoms with Crippen LogP contribution in [-0.4, -0.2) is 27.0 Å². The number of anilines is 1. The molecule has 0 radical (unpaired) electrons. The lowest BCUT2D eigenvalue weighted by Gasteiger charge is -2.08. The number of nitrogens with one attached hydrogen (secondary N) is 1. The van der Waals surface area contributed by atoms with Gasteiger partial charge in [0.15, 0.2) is 9.84 Å². The van der Waals surface area contributed by atoms with Gasteiger partial charge in [-0.2, -0.15) is 8.78 Å². The fourth-order valence-corrected chi connectivity index (χ4v) is 1.83. The summed E-state index contributed by atoms with van der Waals surface area (Å²) in [5.74, 6) is -1.54. The van der Waals surface area contributed by atoms with E-state index in [1.54, 1.807) is 0 Å². The molecule has 1 aromatic rings. The zero-order chi connectivity index (χ0) is 13.2. The Hall–Kier alpha value is -1.21. The van der Waals surface area contributed by atoms with Crippen LogP contribution in [0.25, 0.3) is 0 Å². The third kappa shape index (κ3) is 3.64. The van der Waals surface area contributed by atoms with E-state index in [0.29, 0.717) is 0 Å². The second-order valence-corrected chi connectivity index (χ2v) is 5.63. The van der Waals surface area contributed by atoms with Gasteiger partial charge in [-0.25, -0.2) is 8.42 Å². The van der Waals surface area contributed by atoms with Gasteiger partial charge in [0.1, 0.15) is 0 Å². The largest absolute Gasteiger partial charge is 0.320 e. The van der Waals surface area contributed by atoms with Crippen molar-refractivity contribution in [3.8, 4) is 0 Å². The predicted octanol–water partition coefficient (Wildman–Crippen LogP) is 1.95. The number of halogens is 3. The van der Waals surface area contributed by atoms with Crippen LogP contribution in [0.2, 0.25) is 5.02 Å². The van der Waals surface area contributed by atoms with E-state index in [0.717, 1.165) is 12.3 Å². The summed E-state index contributed by atoms with van der Waals surface area (Å²) in [6.45, 7) is 0. The molecule has 0 bridgehead atoms. The van der Waals surface area contributed by atoms with E-state index in [1.165, 1.54) is 12.1 Å². The number of sulfone groups is 1. The van der Waals surface area contributed by atoms with E-state index in [4.69, 9.17) is 11.6 Å². The molecule has 0 fully saturated rings. The first kappa shape index (κ1) is 13.9. The summed E-state index contributed by atoms with van der Waals surface area (Å²) < 4.78 is 46.4. The van der Waals surface area contributed by atoms with Gasteiger partial charge < -0.3 is 5.32 Å². The summed E-state index contributed by atoms with van der Waals surface area (Å²) in [4.78, 5) is 10.6. The molecule has 4 nitrogen and oxygen atoms in total. The number of carbonyl (C=O) groups is 1. The fourth-order valence-electron chi connectivity index (χ4n) is 1.02. The Morgan fingerprint density at radius 1 is 1.41 bits per heavy atom. The van der Waals surface area contributed by atoms with Crippen LogP contribution in [0.4, 0.5) is 14.5 Å². The van der Waals surface area contributed by atoms with Gasteiger partial charge in [-0.05, 0) is 18.2 Å². The quantitative estimate of drug-likeness (QED) is 0.922. The highest BCUT2D eigenvalue weighted by Crippen LogP contribution is 2.25. The van der Waals surface area contributed by atoms with Crippen molar-refractivity contribution in [2.24, 2.45) is 0 Å². The van der Waals surface area contributed by atoms with Crippen LogP contribution >= 0.6 is 11.6 Å². The van der Waals surface area contributed by atoms with Crippen molar-refractivity contribution in [1.29, 1.82) is 0 Å². The molecule has 0 unspecified atom stereocenters. The number of hydrogen-bond acceptors (Lipinski definition) is 3. The van der Waals surface area contributed by atoms with Gasteiger partial charge in [0.25, 0.3) is 5.91 Å². The van der Waals surface area contributed by atoms with Gasteiger partial charge in [0.05, 0.1) is 15.6 Å². The van der Waals surface area contributed by atoms with Crippen LogP contribution < -0.4 is 5.32 Å². The van der Waals surface area contributed by atoms with Crippen LogP contribution in [-0.2, 0) is 14.6 Å². The molecule has 0 saturated heterocycles. The Bertz CT molecular complexity index is 545. The number of hydrogen-bond donors (Lipinski definition) is 1. The van der Waals surface area contributed by atoms with Crippen molar-refractivity contribution >= 4 is 33.0 Å². The van der Waals surface area contributed by atoms with Crippen LogP contribution in [0.1, 0.15) is 0 Å². The van der Waals surface area contributed by atoms with Crippen LogP contribution in [0.5, 0.6) is 0 Å². The third-order valence-electron chi connectivity index (χ3n) is 1.82. The molecule has 17 heavy (non-hydrogen) atoms. The van der Waals surface area contributed by atoms with Crippen molar-refractivity contribution in [1.82, 2.24) is 0 Å². The Morgan fingerprint density at radius 3 is 2.47 bits per heavy atom. The number of carbonyl (C=O) groups excluding carboxylic acids is 1. The number of alkyl halides is 2. The maximum atomic E-state index is 12.0. The summed E-state index contributed by atoms with van der Waals surface area (Å²) in [7, 11) is -3.50. The first-order valence-electron chi connectivity index (χ1n) is 4.30. The molecule has 1 rings (SSSR count). The van der Waals surface area contributed by atoms with Crippen molar-refractivity contribution in [2.45, 2.75) is 11.3 Å². The zero-order valence-corrected chi connectivity index (χ0v) is 10.1. The molecule has 0 atom stereocenters. The highest BCUT2D eigenvalue weighted by molar-refractivity contribution is 7.90. The maximum Gasteiger partial charge on any atom is 0.315 e. The highest BCUT2D eigenvalue weighted by atomic mass is 35.5. The minimum Gasteiger partial charge on any atom is -0.320 e. The zero-order valence-electron chi connectivity index (χ0n) is 8.58. The lowest BCUT2D eigenvalue weighted by molar-refractivity contribution is -0.126. The normalized spacial score (nSPS) is 11.6. The van der Waals surface area contributed by atoms with Gasteiger partial charge in [0.2, 0.25) is 0 Å². The van der Waals surface area contributed by atoms with Crippen molar-refractivity contribution in [3.05, 3.63) is 23.2 Å². The first-order chi connectivity index (χ1) is 7.71. The summed E-state index contributed by atoms with van der Waals surface area (Å²) in [5.41, 5.74) is -0.167. The standard InChI is InChI=1S/C9H8ClF2NO3S/c1-17(15,16)5-2-3-6(10)7(4-5)13-9(14)8(11)12/h2-4,8H,1H3,(H,13,14). The van der Waals surface area contributed by atoms with E-state index >= 15 is 0 Å². The fraction of sp³-hybridized carbons (Fsp3) is 0.222. The summed E-state index contributed by atoms with van der Waals surface area (Å²) >= 11 is 5.64. The molecule has 0 saturated carbocycles. The Kier molecular flexibility index (Phi) is 4.05. The smallest absolute Gasteiger partial charge is 0.315 e. The number of benzene rings is 1. The molecule has 0 spiro atoms. The molecule has 94 valence electrons. The van der Waals surface area contributed by atoms with Crippen molar-refractivity contribution in [3.63, 3.8) is 0 Å². The van der Waals surface area contributed by atoms with E-state index in [1.807, 2.05) is 5.32 Å². The molecular weight excluding hydrogens is 276 g/mol. The topological polar surface area (TPSA) is 63.2 Å². The minimum atomic E-state index is -3.50. The molecular formula is C9H8ClF2NO3S. The third-order valence-corrected chi connectivity index (χ3v) is 3.26. The maximum absolute atomic E-state index is 12.0. The molecule has 1 aromatic carbocycles. The Balaban J connectivity index is 3.12. The Labute approximate surface area is 101 Å². The van der Waals surface area contributed by atoms with Gasteiger partial charge in [0, 0.05) is 6.26 Å². The SMILES string of the molecule is CS(=O)(=O)c1ccc(Cl)c(NC(=O)C(F)F)c1.